The van der Waals surface area contributed by atoms with Gasteiger partial charge in [0.2, 0.25) is 17.7 Å². The molecular weight excluding hydrogens is 462 g/mol. The molecule has 2 unspecified atom stereocenters. The molecule has 2 bridgehead atoms. The number of unbranched alkanes of at least 4 members (excludes halogenated alkanes) is 4. The van der Waals surface area contributed by atoms with Crippen molar-refractivity contribution in [1.29, 1.82) is 0 Å². The first-order valence-corrected chi connectivity index (χ1v) is 14.1. The predicted molar refractivity (Wildman–Crippen MR) is 141 cm³/mol. The molecule has 3 aliphatic heterocycles. The van der Waals surface area contributed by atoms with Gasteiger partial charge in [-0.3, -0.25) is 14.4 Å². The molecule has 7 nitrogen and oxygen atoms in total. The fraction of sp³-hybridized carbons (Fsp3) is 0.741. The summed E-state index contributed by atoms with van der Waals surface area (Å²) in [5.74, 6) is -0.865. The number of aliphatic hydroxyl groups is 1. The number of amides is 3. The summed E-state index contributed by atoms with van der Waals surface area (Å²) in [6.45, 7) is 12.0. The fourth-order valence-electron chi connectivity index (χ4n) is 6.21. The first-order valence-electron chi connectivity index (χ1n) is 13.2. The van der Waals surface area contributed by atoms with Crippen LogP contribution in [0, 0.1) is 11.8 Å². The third-order valence-electron chi connectivity index (χ3n) is 7.85. The van der Waals surface area contributed by atoms with Gasteiger partial charge in [-0.1, -0.05) is 38.3 Å². The van der Waals surface area contributed by atoms with Gasteiger partial charge < -0.3 is 19.8 Å². The highest BCUT2D eigenvalue weighted by Gasteiger charge is 2.73. The van der Waals surface area contributed by atoms with Gasteiger partial charge in [0.15, 0.2) is 0 Å². The molecule has 0 aliphatic carbocycles. The summed E-state index contributed by atoms with van der Waals surface area (Å²) in [6.07, 6.45) is 10.3. The van der Waals surface area contributed by atoms with Gasteiger partial charge in [-0.15, -0.1) is 24.9 Å². The topological polar surface area (TPSA) is 81.2 Å². The molecule has 3 fully saturated rings. The number of hydrogen-bond donors (Lipinski definition) is 1. The lowest BCUT2D eigenvalue weighted by molar-refractivity contribution is -0.144. The predicted octanol–water partition coefficient (Wildman–Crippen LogP) is 3.09. The zero-order valence-corrected chi connectivity index (χ0v) is 22.3. The maximum absolute atomic E-state index is 14.1. The first kappa shape index (κ1) is 27.8. The van der Waals surface area contributed by atoms with E-state index in [2.05, 4.69) is 20.1 Å². The van der Waals surface area contributed by atoms with E-state index >= 15 is 0 Å². The molecule has 1 spiro atoms. The minimum absolute atomic E-state index is 0.00486. The number of carbonyl (C=O) groups excluding carboxylic acids is 3. The van der Waals surface area contributed by atoms with Gasteiger partial charge in [0, 0.05) is 45.1 Å². The summed E-state index contributed by atoms with van der Waals surface area (Å²) in [5.41, 5.74) is 0. The van der Waals surface area contributed by atoms with E-state index in [1.54, 1.807) is 35.9 Å². The number of likely N-dealkylation sites (tertiary alicyclic amines) is 1. The van der Waals surface area contributed by atoms with Gasteiger partial charge in [0.1, 0.15) is 6.04 Å². The highest BCUT2D eigenvalue weighted by atomic mass is 32.2. The van der Waals surface area contributed by atoms with Crippen molar-refractivity contribution in [2.45, 2.75) is 74.3 Å². The molecule has 0 aromatic rings. The number of fused-ring (bicyclic) bond motifs is 1. The van der Waals surface area contributed by atoms with Crippen molar-refractivity contribution in [2.75, 3.05) is 39.8 Å². The molecule has 0 aromatic carbocycles. The number of rotatable bonds is 15. The van der Waals surface area contributed by atoms with Gasteiger partial charge in [-0.2, -0.15) is 0 Å². The van der Waals surface area contributed by atoms with E-state index in [0.717, 1.165) is 51.4 Å². The van der Waals surface area contributed by atoms with Gasteiger partial charge in [0.25, 0.3) is 0 Å². The first-order chi connectivity index (χ1) is 16.9. The van der Waals surface area contributed by atoms with Crippen molar-refractivity contribution in [1.82, 2.24) is 14.7 Å². The highest BCUT2D eigenvalue weighted by Crippen LogP contribution is 2.66. The molecule has 196 valence electrons. The SMILES string of the molecule is C=CCN(C)C(=O)[C@@H]1[C@H]2C(=O)N(CCCCCCO)C(C(=O)N(CC=C)CCCC)C23CC[C@H]1S3. The number of hydrogen-bond acceptors (Lipinski definition) is 5. The minimum Gasteiger partial charge on any atom is -0.396 e. The van der Waals surface area contributed by atoms with Crippen LogP contribution in [0.1, 0.15) is 58.3 Å². The highest BCUT2D eigenvalue weighted by molar-refractivity contribution is 8.02. The molecule has 3 heterocycles. The fourth-order valence-corrected chi connectivity index (χ4v) is 8.42. The molecule has 3 amide bonds. The monoisotopic (exact) mass is 505 g/mol. The lowest BCUT2D eigenvalue weighted by Gasteiger charge is -2.37. The Labute approximate surface area is 215 Å². The Bertz CT molecular complexity index is 805. The number of thioether (sulfide) groups is 1. The van der Waals surface area contributed by atoms with E-state index in [9.17, 15) is 14.4 Å². The van der Waals surface area contributed by atoms with Crippen LogP contribution < -0.4 is 0 Å². The second kappa shape index (κ2) is 12.4. The third kappa shape index (κ3) is 5.33. The largest absolute Gasteiger partial charge is 0.396 e. The van der Waals surface area contributed by atoms with Crippen LogP contribution in [0.3, 0.4) is 0 Å². The summed E-state index contributed by atoms with van der Waals surface area (Å²) < 4.78 is -0.537. The summed E-state index contributed by atoms with van der Waals surface area (Å²) in [6, 6.07) is -0.535. The molecule has 8 heteroatoms. The van der Waals surface area contributed by atoms with Gasteiger partial charge in [0.05, 0.1) is 16.6 Å². The number of nitrogens with zero attached hydrogens (tertiary/aromatic N) is 3. The molecule has 3 rings (SSSR count). The third-order valence-corrected chi connectivity index (χ3v) is 9.80. The molecule has 3 saturated heterocycles. The number of carbonyl (C=O) groups is 3. The smallest absolute Gasteiger partial charge is 0.247 e. The molecule has 0 aromatic heterocycles. The summed E-state index contributed by atoms with van der Waals surface area (Å²) in [5, 5.41) is 9.17. The van der Waals surface area contributed by atoms with Crippen molar-refractivity contribution < 1.29 is 19.5 Å². The van der Waals surface area contributed by atoms with E-state index in [-0.39, 0.29) is 35.5 Å². The average molecular weight is 506 g/mol. The van der Waals surface area contributed by atoms with E-state index in [0.29, 0.717) is 26.2 Å². The summed E-state index contributed by atoms with van der Waals surface area (Å²) >= 11 is 1.73. The van der Waals surface area contributed by atoms with E-state index < -0.39 is 16.7 Å². The molecule has 0 saturated carbocycles. The molecule has 1 N–H and O–H groups in total. The number of aliphatic hydroxyl groups excluding tert-OH is 1. The van der Waals surface area contributed by atoms with Crippen molar-refractivity contribution in [3.63, 3.8) is 0 Å². The Morgan fingerprint density at radius 2 is 1.86 bits per heavy atom. The Hall–Kier alpha value is -1.80. The maximum atomic E-state index is 14.1. The summed E-state index contributed by atoms with van der Waals surface area (Å²) in [7, 11) is 1.77. The van der Waals surface area contributed by atoms with Crippen LogP contribution in [0.25, 0.3) is 0 Å². The Morgan fingerprint density at radius 1 is 1.14 bits per heavy atom. The van der Waals surface area contributed by atoms with Crippen LogP contribution in [0.15, 0.2) is 25.3 Å². The molecular formula is C27H43N3O4S. The molecule has 0 radical (unpaired) electrons. The zero-order chi connectivity index (χ0) is 25.6. The van der Waals surface area contributed by atoms with Crippen molar-refractivity contribution in [2.24, 2.45) is 11.8 Å². The van der Waals surface area contributed by atoms with E-state index in [1.165, 1.54) is 0 Å². The van der Waals surface area contributed by atoms with E-state index in [4.69, 9.17) is 5.11 Å². The van der Waals surface area contributed by atoms with Crippen LogP contribution in [0.4, 0.5) is 0 Å². The maximum Gasteiger partial charge on any atom is 0.247 e. The zero-order valence-electron chi connectivity index (χ0n) is 21.5. The standard InChI is InChI=1S/C27H43N3O4S/c1-5-8-17-29(16-7-3)26(34)23-27-14-13-20(35-27)21(24(32)28(4)15-6-2)22(27)25(33)30(23)18-11-9-10-12-19-31/h6-7,20-23,31H,2-3,5,8-19H2,1,4H3/t20-,21+,22+,23?,27?/m1/s1. The van der Waals surface area contributed by atoms with Crippen molar-refractivity contribution >= 4 is 29.5 Å². The van der Waals surface area contributed by atoms with Crippen LogP contribution in [-0.2, 0) is 14.4 Å². The number of likely N-dealkylation sites (N-methyl/N-ethyl adjacent to an activating group) is 1. The van der Waals surface area contributed by atoms with Crippen LogP contribution >= 0.6 is 11.8 Å². The van der Waals surface area contributed by atoms with Crippen LogP contribution in [-0.4, -0.2) is 93.4 Å². The molecule has 3 aliphatic rings. The normalized spacial score (nSPS) is 28.8. The lowest BCUT2D eigenvalue weighted by Crippen LogP contribution is -2.55. The van der Waals surface area contributed by atoms with Gasteiger partial charge >= 0.3 is 0 Å². The van der Waals surface area contributed by atoms with Crippen molar-refractivity contribution in [3.05, 3.63) is 25.3 Å². The van der Waals surface area contributed by atoms with Crippen molar-refractivity contribution in [3.8, 4) is 0 Å². The van der Waals surface area contributed by atoms with Crippen LogP contribution in [0.2, 0.25) is 0 Å². The minimum atomic E-state index is -0.537. The molecule has 5 atom stereocenters. The van der Waals surface area contributed by atoms with Crippen LogP contribution in [0.5, 0.6) is 0 Å². The summed E-state index contributed by atoms with van der Waals surface area (Å²) in [4.78, 5) is 46.9. The Kier molecular flexibility index (Phi) is 9.87. The van der Waals surface area contributed by atoms with Gasteiger partial charge in [-0.05, 0) is 32.1 Å². The Balaban J connectivity index is 1.93. The Morgan fingerprint density at radius 3 is 2.51 bits per heavy atom. The van der Waals surface area contributed by atoms with Gasteiger partial charge in [-0.25, -0.2) is 0 Å². The lowest BCUT2D eigenvalue weighted by atomic mass is 9.70. The quantitative estimate of drug-likeness (QED) is 0.273. The second-order valence-corrected chi connectivity index (χ2v) is 11.8. The van der Waals surface area contributed by atoms with E-state index in [1.807, 2.05) is 9.80 Å². The second-order valence-electron chi connectivity index (χ2n) is 10.2. The molecule has 35 heavy (non-hydrogen) atoms. The average Bonchev–Trinajstić information content (AvgIpc) is 3.48.